The van der Waals surface area contributed by atoms with Gasteiger partial charge in [0.05, 0.1) is 33.4 Å². The molecule has 2 aliphatic heterocycles. The van der Waals surface area contributed by atoms with Crippen molar-refractivity contribution in [3.05, 3.63) is 134 Å². The fourth-order valence-corrected chi connectivity index (χ4v) is 7.62. The second-order valence-electron chi connectivity index (χ2n) is 10.9. The van der Waals surface area contributed by atoms with Crippen LogP contribution in [-0.4, -0.2) is 16.8 Å². The maximum absolute atomic E-state index is 15.1. The topological polar surface area (TPSA) is 83.7 Å². The predicted molar refractivity (Wildman–Crippen MR) is 168 cm³/mol. The molecule has 0 bridgehead atoms. The van der Waals surface area contributed by atoms with Crippen LogP contribution in [0.4, 0.5) is 10.8 Å². The molecule has 0 fully saturated rings. The van der Waals surface area contributed by atoms with Crippen molar-refractivity contribution < 1.29 is 14.0 Å². The lowest BCUT2D eigenvalue weighted by Crippen LogP contribution is -2.53. The van der Waals surface area contributed by atoms with Gasteiger partial charge in [0.25, 0.3) is 11.8 Å². The normalized spacial score (nSPS) is 17.5. The van der Waals surface area contributed by atoms with Crippen molar-refractivity contribution in [2.75, 3.05) is 9.80 Å². The Hall–Kier alpha value is -4.79. The predicted octanol–water partition coefficient (Wildman–Crippen LogP) is 7.12. The highest BCUT2D eigenvalue weighted by molar-refractivity contribution is 7.22. The Kier molecular flexibility index (Phi) is 5.48. The summed E-state index contributed by atoms with van der Waals surface area (Å²) in [5.74, 6) is -1.16. The molecule has 0 saturated carbocycles. The second kappa shape index (κ2) is 9.10. The molecule has 7 nitrogen and oxygen atoms in total. The number of aryl methyl sites for hydroxylation is 2. The van der Waals surface area contributed by atoms with E-state index in [0.717, 1.165) is 21.4 Å². The number of amides is 2. The molecular formula is C34H22ClN3O4S. The van der Waals surface area contributed by atoms with Crippen LogP contribution in [0.5, 0.6) is 0 Å². The number of halogens is 1. The molecule has 0 saturated heterocycles. The Morgan fingerprint density at radius 1 is 0.907 bits per heavy atom. The van der Waals surface area contributed by atoms with Crippen molar-refractivity contribution in [2.45, 2.75) is 25.9 Å². The van der Waals surface area contributed by atoms with Crippen LogP contribution in [0, 0.1) is 13.8 Å². The van der Waals surface area contributed by atoms with E-state index in [1.165, 1.54) is 16.2 Å². The molecular weight excluding hydrogens is 582 g/mol. The molecule has 4 heterocycles. The van der Waals surface area contributed by atoms with E-state index in [0.29, 0.717) is 32.8 Å². The first-order chi connectivity index (χ1) is 20.8. The fraction of sp³-hybridized carbons (Fsp3) is 0.118. The third-order valence-corrected chi connectivity index (χ3v) is 9.69. The van der Waals surface area contributed by atoms with Gasteiger partial charge in [0.2, 0.25) is 5.76 Å². The van der Waals surface area contributed by atoms with Crippen LogP contribution in [-0.2, 0) is 16.9 Å². The van der Waals surface area contributed by atoms with Gasteiger partial charge in [-0.15, -0.1) is 0 Å². The van der Waals surface area contributed by atoms with E-state index in [-0.39, 0.29) is 23.0 Å². The molecule has 0 radical (unpaired) electrons. The Labute approximate surface area is 254 Å². The number of anilines is 2. The van der Waals surface area contributed by atoms with E-state index in [1.54, 1.807) is 35.2 Å². The number of para-hydroxylation sites is 1. The molecule has 210 valence electrons. The molecule has 0 aliphatic carbocycles. The highest BCUT2D eigenvalue weighted by Gasteiger charge is 2.66. The van der Waals surface area contributed by atoms with Crippen molar-refractivity contribution in [2.24, 2.45) is 0 Å². The molecule has 9 heteroatoms. The number of rotatable bonds is 3. The van der Waals surface area contributed by atoms with Gasteiger partial charge in [0.15, 0.2) is 16.1 Å². The fourth-order valence-electron chi connectivity index (χ4n) is 6.32. The van der Waals surface area contributed by atoms with Crippen LogP contribution >= 0.6 is 22.9 Å². The summed E-state index contributed by atoms with van der Waals surface area (Å²) in [5.41, 5.74) is 2.58. The lowest BCUT2D eigenvalue weighted by atomic mass is 9.84. The van der Waals surface area contributed by atoms with E-state index in [2.05, 4.69) is 0 Å². The number of thiazole rings is 1. The van der Waals surface area contributed by atoms with E-state index in [1.807, 2.05) is 68.4 Å². The third kappa shape index (κ3) is 3.48. The molecule has 2 aromatic heterocycles. The summed E-state index contributed by atoms with van der Waals surface area (Å²) in [4.78, 5) is 52.0. The minimum Gasteiger partial charge on any atom is -0.450 e. The van der Waals surface area contributed by atoms with Crippen molar-refractivity contribution in [1.29, 1.82) is 0 Å². The molecule has 43 heavy (non-hydrogen) atoms. The summed E-state index contributed by atoms with van der Waals surface area (Å²) in [5, 5.41) is 1.12. The number of carbonyl (C=O) groups is 2. The molecule has 1 spiro atoms. The zero-order chi connectivity index (χ0) is 29.6. The SMILES string of the molecule is Cc1cc2oc3c(c(=O)c2cc1C)C1(C(=O)N(Cc2ccccc2)c2ccccc21)N(c1nc2ccc(Cl)cc2s1)C3=O. The van der Waals surface area contributed by atoms with Crippen LogP contribution in [0.1, 0.15) is 38.4 Å². The second-order valence-corrected chi connectivity index (χ2v) is 12.4. The van der Waals surface area contributed by atoms with Gasteiger partial charge in [0.1, 0.15) is 5.58 Å². The first kappa shape index (κ1) is 25.9. The van der Waals surface area contributed by atoms with Crippen LogP contribution in [0.2, 0.25) is 5.02 Å². The van der Waals surface area contributed by atoms with Crippen LogP contribution in [0.3, 0.4) is 0 Å². The molecule has 1 unspecified atom stereocenters. The van der Waals surface area contributed by atoms with Crippen molar-refractivity contribution in [1.82, 2.24) is 4.98 Å². The van der Waals surface area contributed by atoms with Gasteiger partial charge < -0.3 is 9.32 Å². The maximum Gasteiger partial charge on any atom is 0.297 e. The Morgan fingerprint density at radius 3 is 2.47 bits per heavy atom. The number of fused-ring (bicyclic) bond motifs is 6. The number of nitrogens with zero attached hydrogens (tertiary/aromatic N) is 3. The zero-order valence-corrected chi connectivity index (χ0v) is 24.6. The number of benzene rings is 4. The average Bonchev–Trinajstić information content (AvgIpc) is 3.60. The minimum atomic E-state index is -1.82. The Bertz CT molecular complexity index is 2240. The van der Waals surface area contributed by atoms with Gasteiger partial charge in [-0.3, -0.25) is 19.3 Å². The maximum atomic E-state index is 15.1. The van der Waals surface area contributed by atoms with Gasteiger partial charge in [0, 0.05) is 10.6 Å². The summed E-state index contributed by atoms with van der Waals surface area (Å²) in [6.45, 7) is 4.09. The number of carbonyl (C=O) groups excluding carboxylic acids is 2. The Morgan fingerprint density at radius 2 is 1.65 bits per heavy atom. The third-order valence-electron chi connectivity index (χ3n) is 8.45. The van der Waals surface area contributed by atoms with Gasteiger partial charge in [-0.1, -0.05) is 71.5 Å². The molecule has 2 aliphatic rings. The van der Waals surface area contributed by atoms with Crippen molar-refractivity contribution in [3.8, 4) is 0 Å². The van der Waals surface area contributed by atoms with Crippen LogP contribution in [0.15, 0.2) is 94.1 Å². The quantitative estimate of drug-likeness (QED) is 0.215. The molecule has 4 aromatic carbocycles. The van der Waals surface area contributed by atoms with Crippen LogP contribution in [0.25, 0.3) is 21.2 Å². The summed E-state index contributed by atoms with van der Waals surface area (Å²) in [7, 11) is 0. The highest BCUT2D eigenvalue weighted by atomic mass is 35.5. The van der Waals surface area contributed by atoms with E-state index >= 15 is 4.79 Å². The first-order valence-corrected chi connectivity index (χ1v) is 14.9. The summed E-state index contributed by atoms with van der Waals surface area (Å²) in [6, 6.07) is 25.7. The zero-order valence-electron chi connectivity index (χ0n) is 23.1. The summed E-state index contributed by atoms with van der Waals surface area (Å²) < 4.78 is 7.02. The summed E-state index contributed by atoms with van der Waals surface area (Å²) in [6.07, 6.45) is 0. The summed E-state index contributed by atoms with van der Waals surface area (Å²) >= 11 is 7.52. The molecule has 8 rings (SSSR count). The first-order valence-electron chi connectivity index (χ1n) is 13.7. The largest absolute Gasteiger partial charge is 0.450 e. The van der Waals surface area contributed by atoms with Crippen LogP contribution < -0.4 is 15.2 Å². The van der Waals surface area contributed by atoms with Crippen molar-refractivity contribution in [3.63, 3.8) is 0 Å². The lowest BCUT2D eigenvalue weighted by molar-refractivity contribution is -0.121. The number of hydrogen-bond acceptors (Lipinski definition) is 6. The van der Waals surface area contributed by atoms with Gasteiger partial charge >= 0.3 is 0 Å². The van der Waals surface area contributed by atoms with E-state index in [4.69, 9.17) is 21.0 Å². The van der Waals surface area contributed by atoms with Gasteiger partial charge in [-0.05, 0) is 66.9 Å². The molecule has 6 aromatic rings. The average molecular weight is 604 g/mol. The van der Waals surface area contributed by atoms with E-state index in [9.17, 15) is 9.59 Å². The van der Waals surface area contributed by atoms with Crippen molar-refractivity contribution >= 4 is 66.8 Å². The lowest BCUT2D eigenvalue weighted by Gasteiger charge is -2.32. The highest BCUT2D eigenvalue weighted by Crippen LogP contribution is 2.55. The molecule has 1 atom stereocenters. The molecule has 2 amide bonds. The van der Waals surface area contributed by atoms with Gasteiger partial charge in [-0.25, -0.2) is 4.98 Å². The van der Waals surface area contributed by atoms with E-state index < -0.39 is 22.8 Å². The minimum absolute atomic E-state index is 0.0125. The monoisotopic (exact) mass is 603 g/mol. The number of hydrogen-bond donors (Lipinski definition) is 0. The Balaban J connectivity index is 1.47. The van der Waals surface area contributed by atoms with Gasteiger partial charge in [-0.2, -0.15) is 0 Å². The molecule has 0 N–H and O–H groups in total. The standard InChI is InChI=1S/C34H22ClN3O4S/c1-18-14-22-26(15-19(18)2)42-30-28(29(22)39)34(38(31(30)40)33-36-24-13-12-21(35)16-27(24)43-33)23-10-6-7-11-25(23)37(32(34)41)17-20-8-4-3-5-9-20/h3-16H,17H2,1-2H3. The smallest absolute Gasteiger partial charge is 0.297 e. The number of aromatic nitrogens is 1.